The number of nitrogens with one attached hydrogen (secondary N) is 1. The molecule has 3 rings (SSSR count). The van der Waals surface area contributed by atoms with Crippen LogP contribution in [0.3, 0.4) is 0 Å². The van der Waals surface area contributed by atoms with E-state index < -0.39 is 11.4 Å². The highest BCUT2D eigenvalue weighted by Gasteiger charge is 2.53. The smallest absolute Gasteiger partial charge is 0.314 e. The van der Waals surface area contributed by atoms with Crippen LogP contribution in [-0.4, -0.2) is 23.2 Å². The van der Waals surface area contributed by atoms with Gasteiger partial charge in [0.2, 0.25) is 0 Å². The minimum absolute atomic E-state index is 0.686. The number of hydrogen-bond acceptors (Lipinski definition) is 2. The third-order valence-electron chi connectivity index (χ3n) is 3.84. The molecule has 2 N–H and O–H groups in total. The number of aryl methyl sites for hydroxylation is 1. The molecular weight excluding hydrogens is 230 g/mol. The number of carboxylic acid groups (broad SMARTS) is 1. The number of para-hydroxylation sites is 1. The van der Waals surface area contributed by atoms with Gasteiger partial charge in [-0.05, 0) is 31.4 Å². The van der Waals surface area contributed by atoms with Crippen molar-refractivity contribution in [2.24, 2.45) is 0 Å². The van der Waals surface area contributed by atoms with Crippen LogP contribution in [0.2, 0.25) is 0 Å². The second-order valence-electron chi connectivity index (χ2n) is 4.90. The third kappa shape index (κ3) is 1.29. The van der Waals surface area contributed by atoms with Crippen LogP contribution in [0.4, 0.5) is 0 Å². The average Bonchev–Trinajstić information content (AvgIpc) is 3.06. The Balaban J connectivity index is 2.31. The Morgan fingerprint density at radius 3 is 2.72 bits per heavy atom. The number of ether oxygens (including phenoxy) is 1. The fraction of sp³-hybridized carbons (Fsp3) is 0.357. The number of fused-ring (bicyclic) bond motifs is 1. The van der Waals surface area contributed by atoms with Crippen LogP contribution in [0.1, 0.15) is 24.1 Å². The molecule has 0 spiro atoms. The van der Waals surface area contributed by atoms with Gasteiger partial charge in [-0.1, -0.05) is 12.1 Å². The van der Waals surface area contributed by atoms with Gasteiger partial charge in [-0.25, -0.2) is 0 Å². The summed E-state index contributed by atoms with van der Waals surface area (Å²) >= 11 is 0. The lowest BCUT2D eigenvalue weighted by molar-refractivity contribution is -0.140. The van der Waals surface area contributed by atoms with E-state index in [0.29, 0.717) is 12.8 Å². The van der Waals surface area contributed by atoms with Crippen molar-refractivity contribution in [2.75, 3.05) is 7.11 Å². The molecule has 0 radical (unpaired) electrons. The number of carboxylic acids is 1. The molecule has 0 atom stereocenters. The SMILES string of the molecule is COc1cccc2c(C3(C(=O)O)CC3)c(C)[nH]c12. The molecule has 1 heterocycles. The molecule has 1 aliphatic rings. The largest absolute Gasteiger partial charge is 0.495 e. The molecule has 4 nitrogen and oxygen atoms in total. The Hall–Kier alpha value is -1.97. The summed E-state index contributed by atoms with van der Waals surface area (Å²) < 4.78 is 5.31. The molecule has 94 valence electrons. The van der Waals surface area contributed by atoms with Crippen LogP contribution in [-0.2, 0) is 10.2 Å². The number of benzene rings is 1. The van der Waals surface area contributed by atoms with Crippen molar-refractivity contribution in [3.63, 3.8) is 0 Å². The molecular formula is C14H15NO3. The summed E-state index contributed by atoms with van der Waals surface area (Å²) in [6.45, 7) is 1.93. The highest BCUT2D eigenvalue weighted by Crippen LogP contribution is 2.52. The molecule has 4 heteroatoms. The normalized spacial score (nSPS) is 16.8. The van der Waals surface area contributed by atoms with Crippen molar-refractivity contribution in [1.29, 1.82) is 0 Å². The lowest BCUT2D eigenvalue weighted by atomic mass is 9.93. The number of rotatable bonds is 3. The summed E-state index contributed by atoms with van der Waals surface area (Å²) in [5, 5.41) is 10.4. The van der Waals surface area contributed by atoms with Gasteiger partial charge in [0.05, 0.1) is 18.0 Å². The van der Waals surface area contributed by atoms with E-state index in [0.717, 1.165) is 27.9 Å². The van der Waals surface area contributed by atoms with Gasteiger partial charge >= 0.3 is 5.97 Å². The number of aromatic amines is 1. The maximum absolute atomic E-state index is 11.5. The molecule has 1 aromatic carbocycles. The van der Waals surface area contributed by atoms with Crippen molar-refractivity contribution >= 4 is 16.9 Å². The maximum atomic E-state index is 11.5. The zero-order valence-corrected chi connectivity index (χ0v) is 10.4. The van der Waals surface area contributed by atoms with E-state index in [2.05, 4.69) is 4.98 Å². The van der Waals surface area contributed by atoms with E-state index in [1.807, 2.05) is 25.1 Å². The topological polar surface area (TPSA) is 62.3 Å². The summed E-state index contributed by atoms with van der Waals surface area (Å²) in [7, 11) is 1.62. The first kappa shape index (κ1) is 11.1. The lowest BCUT2D eigenvalue weighted by Crippen LogP contribution is -2.20. The van der Waals surface area contributed by atoms with Gasteiger partial charge in [-0.2, -0.15) is 0 Å². The average molecular weight is 245 g/mol. The second-order valence-corrected chi connectivity index (χ2v) is 4.90. The molecule has 1 aliphatic carbocycles. The molecule has 0 unspecified atom stereocenters. The van der Waals surface area contributed by atoms with Gasteiger partial charge < -0.3 is 14.8 Å². The van der Waals surface area contributed by atoms with Gasteiger partial charge in [0, 0.05) is 11.1 Å². The molecule has 2 aromatic rings. The highest BCUT2D eigenvalue weighted by molar-refractivity contribution is 5.97. The van der Waals surface area contributed by atoms with E-state index >= 15 is 0 Å². The number of H-pyrrole nitrogens is 1. The standard InChI is InChI=1S/C14H15NO3/c1-8-11(14(6-7-14)13(16)17)9-4-3-5-10(18-2)12(9)15-8/h3-5,15H,6-7H2,1-2H3,(H,16,17). The van der Waals surface area contributed by atoms with Crippen molar-refractivity contribution < 1.29 is 14.6 Å². The summed E-state index contributed by atoms with van der Waals surface area (Å²) in [6.07, 6.45) is 1.43. The first-order valence-corrected chi connectivity index (χ1v) is 5.99. The van der Waals surface area contributed by atoms with E-state index in [1.165, 1.54) is 0 Å². The predicted molar refractivity (Wildman–Crippen MR) is 68.1 cm³/mol. The van der Waals surface area contributed by atoms with Gasteiger partial charge in [-0.15, -0.1) is 0 Å². The third-order valence-corrected chi connectivity index (χ3v) is 3.84. The summed E-state index contributed by atoms with van der Waals surface area (Å²) in [5.41, 5.74) is 2.05. The van der Waals surface area contributed by atoms with E-state index in [-0.39, 0.29) is 0 Å². The van der Waals surface area contributed by atoms with Crippen LogP contribution in [0, 0.1) is 6.92 Å². The molecule has 0 aliphatic heterocycles. The second kappa shape index (κ2) is 3.51. The Kier molecular flexibility index (Phi) is 2.17. The number of aliphatic carboxylic acids is 1. The lowest BCUT2D eigenvalue weighted by Gasteiger charge is -2.10. The first-order valence-electron chi connectivity index (χ1n) is 5.99. The van der Waals surface area contributed by atoms with Crippen LogP contribution in [0.15, 0.2) is 18.2 Å². The molecule has 1 aromatic heterocycles. The summed E-state index contributed by atoms with van der Waals surface area (Å²) in [6, 6.07) is 5.73. The molecule has 0 bridgehead atoms. The molecule has 0 saturated heterocycles. The molecule has 0 amide bonds. The van der Waals surface area contributed by atoms with Crippen molar-refractivity contribution in [2.45, 2.75) is 25.2 Å². The summed E-state index contributed by atoms with van der Waals surface area (Å²) in [4.78, 5) is 14.7. The zero-order chi connectivity index (χ0) is 12.9. The van der Waals surface area contributed by atoms with E-state index in [9.17, 15) is 9.90 Å². The Bertz CT molecular complexity index is 638. The number of aromatic nitrogens is 1. The maximum Gasteiger partial charge on any atom is 0.314 e. The van der Waals surface area contributed by atoms with Crippen molar-refractivity contribution in [3.05, 3.63) is 29.5 Å². The first-order chi connectivity index (χ1) is 8.60. The number of methoxy groups -OCH3 is 1. The van der Waals surface area contributed by atoms with Gasteiger partial charge in [0.15, 0.2) is 0 Å². The van der Waals surface area contributed by atoms with Crippen molar-refractivity contribution in [1.82, 2.24) is 4.98 Å². The fourth-order valence-corrected chi connectivity index (χ4v) is 2.80. The summed E-state index contributed by atoms with van der Waals surface area (Å²) in [5.74, 6) is 0.0253. The van der Waals surface area contributed by atoms with Gasteiger partial charge in [0.25, 0.3) is 0 Å². The van der Waals surface area contributed by atoms with E-state index in [1.54, 1.807) is 7.11 Å². The molecule has 1 saturated carbocycles. The Morgan fingerprint density at radius 2 is 2.17 bits per heavy atom. The van der Waals surface area contributed by atoms with Gasteiger partial charge in [-0.3, -0.25) is 4.79 Å². The Labute approximate surface area is 105 Å². The highest BCUT2D eigenvalue weighted by atomic mass is 16.5. The predicted octanol–water partition coefficient (Wildman–Crippen LogP) is 2.60. The van der Waals surface area contributed by atoms with E-state index in [4.69, 9.17) is 4.74 Å². The Morgan fingerprint density at radius 1 is 1.44 bits per heavy atom. The minimum Gasteiger partial charge on any atom is -0.495 e. The fourth-order valence-electron chi connectivity index (χ4n) is 2.80. The zero-order valence-electron chi connectivity index (χ0n) is 10.4. The van der Waals surface area contributed by atoms with Gasteiger partial charge in [0.1, 0.15) is 5.75 Å². The van der Waals surface area contributed by atoms with Crippen LogP contribution >= 0.6 is 0 Å². The quantitative estimate of drug-likeness (QED) is 0.873. The number of hydrogen-bond donors (Lipinski definition) is 2. The number of carbonyl (C=O) groups is 1. The molecule has 1 fully saturated rings. The minimum atomic E-state index is -0.727. The monoisotopic (exact) mass is 245 g/mol. The van der Waals surface area contributed by atoms with Crippen molar-refractivity contribution in [3.8, 4) is 5.75 Å². The van der Waals surface area contributed by atoms with Crippen LogP contribution in [0.25, 0.3) is 10.9 Å². The van der Waals surface area contributed by atoms with Crippen LogP contribution in [0.5, 0.6) is 5.75 Å². The van der Waals surface area contributed by atoms with Crippen LogP contribution < -0.4 is 4.74 Å². The molecule has 18 heavy (non-hydrogen) atoms.